The van der Waals surface area contributed by atoms with Gasteiger partial charge in [-0.15, -0.1) is 0 Å². The van der Waals surface area contributed by atoms with Gasteiger partial charge in [0, 0.05) is 39.4 Å². The lowest BCUT2D eigenvalue weighted by Crippen LogP contribution is -2.43. The molecule has 0 unspecified atom stereocenters. The second-order valence-electron chi connectivity index (χ2n) is 27.9. The van der Waals surface area contributed by atoms with Crippen molar-refractivity contribution in [2.45, 2.75) is 213 Å². The van der Waals surface area contributed by atoms with E-state index < -0.39 is 0 Å². The van der Waals surface area contributed by atoms with Gasteiger partial charge in [-0.05, 0) is 205 Å². The van der Waals surface area contributed by atoms with Crippen LogP contribution >= 0.6 is 0 Å². The van der Waals surface area contributed by atoms with Gasteiger partial charge < -0.3 is 10.2 Å². The number of fused-ring (bicyclic) bond motifs is 9. The van der Waals surface area contributed by atoms with Crippen LogP contribution in [0.15, 0.2) is 91.0 Å². The number of rotatable bonds is 8. The maximum absolute atomic E-state index is 4.23. The van der Waals surface area contributed by atoms with Crippen molar-refractivity contribution in [3.8, 4) is 22.3 Å². The third kappa shape index (κ3) is 7.69. The summed E-state index contributed by atoms with van der Waals surface area (Å²) in [6.07, 6.45) is 11.8. The van der Waals surface area contributed by atoms with Crippen molar-refractivity contribution in [2.24, 2.45) is 0 Å². The highest BCUT2D eigenvalue weighted by Crippen LogP contribution is 2.57. The van der Waals surface area contributed by atoms with Crippen LogP contribution in [0.2, 0.25) is 0 Å². The summed E-state index contributed by atoms with van der Waals surface area (Å²) in [4.78, 5) is 2.78. The van der Waals surface area contributed by atoms with Crippen molar-refractivity contribution in [1.29, 1.82) is 0 Å². The van der Waals surface area contributed by atoms with E-state index in [9.17, 15) is 0 Å². The van der Waals surface area contributed by atoms with Crippen LogP contribution in [0.4, 0.5) is 28.4 Å². The second-order valence-corrected chi connectivity index (χ2v) is 27.9. The molecule has 1 N–H and O–H groups in total. The third-order valence-electron chi connectivity index (χ3n) is 19.6. The Bertz CT molecular complexity index is 3200. The molecular formula is C69H84BN2. The average molecular weight is 952 g/mol. The first-order chi connectivity index (χ1) is 33.8. The molecule has 3 heteroatoms. The largest absolute Gasteiger partial charge is 0.355 e. The maximum Gasteiger partial charge on any atom is 0.197 e. The van der Waals surface area contributed by atoms with Gasteiger partial charge in [0.25, 0.3) is 0 Å². The zero-order valence-corrected chi connectivity index (χ0v) is 47.3. The topological polar surface area (TPSA) is 15.3 Å². The molecule has 11 rings (SSSR count). The van der Waals surface area contributed by atoms with Crippen LogP contribution in [0.5, 0.6) is 0 Å². The van der Waals surface area contributed by atoms with Crippen molar-refractivity contribution >= 4 is 46.6 Å². The summed E-state index contributed by atoms with van der Waals surface area (Å²) in [5.74, 6) is 0. The second kappa shape index (κ2) is 16.5. The molecule has 0 spiro atoms. The smallest absolute Gasteiger partial charge is 0.197 e. The Labute approximate surface area is 436 Å². The molecule has 0 bridgehead atoms. The molecule has 2 nitrogen and oxygen atoms in total. The first-order valence-corrected chi connectivity index (χ1v) is 28.1. The van der Waals surface area contributed by atoms with E-state index in [2.05, 4.69) is 219 Å². The Hall–Kier alpha value is -5.02. The van der Waals surface area contributed by atoms with Crippen LogP contribution in [-0.2, 0) is 44.3 Å². The molecule has 0 amide bonds. The minimum atomic E-state index is -0.196. The Morgan fingerprint density at radius 3 is 1.69 bits per heavy atom. The van der Waals surface area contributed by atoms with Gasteiger partial charge in [-0.25, -0.2) is 0 Å². The zero-order chi connectivity index (χ0) is 51.3. The fraction of sp³-hybridized carbons (Fsp3) is 0.478. The summed E-state index contributed by atoms with van der Waals surface area (Å²) >= 11 is 0. The lowest BCUT2D eigenvalue weighted by atomic mass is 9.56. The van der Waals surface area contributed by atoms with Crippen molar-refractivity contribution in [3.63, 3.8) is 0 Å². The molecule has 0 saturated carbocycles. The van der Waals surface area contributed by atoms with E-state index in [0.717, 1.165) is 6.42 Å². The Morgan fingerprint density at radius 2 is 1.06 bits per heavy atom. The predicted octanol–water partition coefficient (Wildman–Crippen LogP) is 17.9. The van der Waals surface area contributed by atoms with Gasteiger partial charge in [0.15, 0.2) is 7.28 Å². The number of benzene rings is 6. The predicted molar refractivity (Wildman–Crippen MR) is 313 cm³/mol. The highest BCUT2D eigenvalue weighted by atomic mass is 15.2. The first-order valence-electron chi connectivity index (χ1n) is 28.1. The van der Waals surface area contributed by atoms with Crippen molar-refractivity contribution in [1.82, 2.24) is 0 Å². The van der Waals surface area contributed by atoms with Crippen LogP contribution in [0, 0.1) is 6.92 Å². The molecule has 6 aromatic carbocycles. The number of nitrogens with one attached hydrogen (secondary N) is 1. The average Bonchev–Trinajstić information content (AvgIpc) is 3.56. The van der Waals surface area contributed by atoms with Crippen molar-refractivity contribution in [3.05, 3.63) is 147 Å². The molecule has 0 fully saturated rings. The van der Waals surface area contributed by atoms with Gasteiger partial charge in [0.05, 0.1) is 0 Å². The first kappa shape index (κ1) is 49.2. The number of unbranched alkanes of at least 4 members (excludes halogenated alkanes) is 2. The summed E-state index contributed by atoms with van der Waals surface area (Å²) in [6, 6.07) is 37.2. The SMILES string of the molecule is CCCCCc1cc(-c2cc3c(cc2Nc2ccc4c(c2)C(C)(C)CCC4(C)C)C(C)(C)CCC3(C)C)c2c(c1)N(c1cc3c(cc1C)C(C)(C)CCC3(C)C)c1c(ccc3c1C(C)(C)c1ccccc1-3)[B]2. The Balaban J connectivity index is 1.21. The zero-order valence-electron chi connectivity index (χ0n) is 47.3. The molecule has 1 heterocycles. The van der Waals surface area contributed by atoms with E-state index in [0.29, 0.717) is 0 Å². The molecule has 373 valence electrons. The minimum Gasteiger partial charge on any atom is -0.355 e. The fourth-order valence-electron chi connectivity index (χ4n) is 14.4. The van der Waals surface area contributed by atoms with Crippen LogP contribution in [-0.4, -0.2) is 7.28 Å². The lowest BCUT2D eigenvalue weighted by molar-refractivity contribution is 0.332. The summed E-state index contributed by atoms with van der Waals surface area (Å²) in [5.41, 5.74) is 29.4. The van der Waals surface area contributed by atoms with Crippen LogP contribution in [0.1, 0.15) is 217 Å². The summed E-state index contributed by atoms with van der Waals surface area (Å²) in [7, 11) is 2.59. The van der Waals surface area contributed by atoms with Crippen LogP contribution in [0.3, 0.4) is 0 Å². The quantitative estimate of drug-likeness (QED) is 0.121. The normalized spacial score (nSPS) is 20.4. The third-order valence-corrected chi connectivity index (χ3v) is 19.6. The Kier molecular flexibility index (Phi) is 11.3. The summed E-state index contributed by atoms with van der Waals surface area (Å²) < 4.78 is 0. The number of hydrogen-bond donors (Lipinski definition) is 1. The van der Waals surface area contributed by atoms with E-state index in [4.69, 9.17) is 0 Å². The Morgan fingerprint density at radius 1 is 0.486 bits per heavy atom. The monoisotopic (exact) mass is 952 g/mol. The van der Waals surface area contributed by atoms with Gasteiger partial charge in [0.1, 0.15) is 0 Å². The van der Waals surface area contributed by atoms with Gasteiger partial charge in [-0.3, -0.25) is 0 Å². The van der Waals surface area contributed by atoms with E-state index in [1.54, 1.807) is 0 Å². The van der Waals surface area contributed by atoms with Crippen LogP contribution < -0.4 is 21.1 Å². The highest BCUT2D eigenvalue weighted by Gasteiger charge is 2.45. The molecule has 0 aromatic heterocycles. The molecule has 72 heavy (non-hydrogen) atoms. The molecule has 1 aliphatic heterocycles. The van der Waals surface area contributed by atoms with E-state index >= 15 is 0 Å². The van der Waals surface area contributed by atoms with E-state index in [-0.39, 0.29) is 37.9 Å². The number of anilines is 5. The fourth-order valence-corrected chi connectivity index (χ4v) is 14.4. The van der Waals surface area contributed by atoms with Gasteiger partial charge in [0.2, 0.25) is 0 Å². The maximum atomic E-state index is 4.23. The van der Waals surface area contributed by atoms with Crippen LogP contribution in [0.25, 0.3) is 22.3 Å². The molecule has 5 aliphatic rings. The molecule has 4 aliphatic carbocycles. The van der Waals surface area contributed by atoms with Crippen molar-refractivity contribution in [2.75, 3.05) is 10.2 Å². The molecule has 0 saturated heterocycles. The number of aryl methyl sites for hydroxylation is 2. The number of nitrogens with zero attached hydrogens (tertiary/aromatic N) is 1. The van der Waals surface area contributed by atoms with E-state index in [1.165, 1.54) is 175 Å². The summed E-state index contributed by atoms with van der Waals surface area (Å²) in [6.45, 7) is 39.4. The molecule has 0 atom stereocenters. The molecular weight excluding hydrogens is 868 g/mol. The van der Waals surface area contributed by atoms with Gasteiger partial charge >= 0.3 is 0 Å². The number of hydrogen-bond acceptors (Lipinski definition) is 2. The molecule has 1 radical (unpaired) electrons. The minimum absolute atomic E-state index is 0.0443. The van der Waals surface area contributed by atoms with Crippen molar-refractivity contribution < 1.29 is 0 Å². The lowest BCUT2D eigenvalue weighted by Gasteiger charge is -2.44. The summed E-state index contributed by atoms with van der Waals surface area (Å²) in [5, 5.41) is 4.23. The van der Waals surface area contributed by atoms with Gasteiger partial charge in [-0.1, -0.05) is 177 Å². The van der Waals surface area contributed by atoms with Gasteiger partial charge in [-0.2, -0.15) is 0 Å². The van der Waals surface area contributed by atoms with E-state index in [1.807, 2.05) is 0 Å². The highest BCUT2D eigenvalue weighted by molar-refractivity contribution is 6.73. The standard InChI is InChI=1S/C69H84BN2/c1-17-18-19-22-43-36-48(47-39-53-54(67(11,12)33-32-66(53,9)10)40-57(47)71-44-25-27-50-52(38-44)65(7,8)30-29-63(50,3)4)61-59(37-43)72(58-41-55-51(35-42(58)2)64(5,6)31-34-68(55,13)14)62-56(70-61)28-26-46-45-23-20-21-24-49(45)69(15,16)60(46)62/h20-21,23-28,35-41,71H,17-19,22,29-34H2,1-16H3. The molecule has 6 aromatic rings.